The predicted octanol–water partition coefficient (Wildman–Crippen LogP) is 3.22. The largest absolute Gasteiger partial charge is 0.496 e. The van der Waals surface area contributed by atoms with Gasteiger partial charge in [-0.15, -0.1) is 0 Å². The number of methoxy groups -OCH3 is 1. The lowest BCUT2D eigenvalue weighted by atomic mass is 10.2. The molecule has 27 heavy (non-hydrogen) atoms. The van der Waals surface area contributed by atoms with Gasteiger partial charge in [0.05, 0.1) is 12.0 Å². The minimum absolute atomic E-state index is 0.0975. The number of hydrogen-bond donors (Lipinski definition) is 1. The Morgan fingerprint density at radius 3 is 2.93 bits per heavy atom. The summed E-state index contributed by atoms with van der Waals surface area (Å²) in [6.45, 7) is 1.92. The number of anilines is 1. The van der Waals surface area contributed by atoms with Gasteiger partial charge >= 0.3 is 0 Å². The molecule has 1 N–H and O–H groups in total. The minimum Gasteiger partial charge on any atom is -0.496 e. The number of rotatable bonds is 6. The normalized spacial score (nSPS) is 15.5. The molecule has 9 heteroatoms. The Morgan fingerprint density at radius 1 is 1.44 bits per heavy atom. The number of nitrogens with zero attached hydrogens (tertiary/aromatic N) is 2. The van der Waals surface area contributed by atoms with E-state index in [1.54, 1.807) is 26.2 Å². The van der Waals surface area contributed by atoms with Gasteiger partial charge in [0.1, 0.15) is 15.8 Å². The molecule has 0 aliphatic carbocycles. The SMILES string of the molecule is COc1ccccc1C=C1SC(=S)N(CCC(=O)Nc2cc(C)on2)C1=O. The molecule has 2 amide bonds. The number of carbonyl (C=O) groups excluding carboxylic acids is 2. The molecule has 140 valence electrons. The average molecular weight is 403 g/mol. The number of hydrogen-bond acceptors (Lipinski definition) is 7. The summed E-state index contributed by atoms with van der Waals surface area (Å²) in [7, 11) is 1.58. The van der Waals surface area contributed by atoms with Gasteiger partial charge < -0.3 is 14.6 Å². The van der Waals surface area contributed by atoms with Crippen LogP contribution in [0.2, 0.25) is 0 Å². The van der Waals surface area contributed by atoms with Crippen molar-refractivity contribution in [2.24, 2.45) is 0 Å². The molecule has 2 aromatic rings. The fraction of sp³-hybridized carbons (Fsp3) is 0.222. The summed E-state index contributed by atoms with van der Waals surface area (Å²) in [4.78, 5) is 26.6. The summed E-state index contributed by atoms with van der Waals surface area (Å²) in [6, 6.07) is 9.02. The molecule has 0 unspecified atom stereocenters. The summed E-state index contributed by atoms with van der Waals surface area (Å²) in [5, 5.41) is 6.32. The summed E-state index contributed by atoms with van der Waals surface area (Å²) >= 11 is 6.50. The van der Waals surface area contributed by atoms with Gasteiger partial charge in [0.25, 0.3) is 5.91 Å². The monoisotopic (exact) mass is 403 g/mol. The maximum atomic E-state index is 12.6. The number of amides is 2. The molecule has 1 aromatic heterocycles. The van der Waals surface area contributed by atoms with Crippen molar-refractivity contribution in [1.29, 1.82) is 0 Å². The first-order valence-electron chi connectivity index (χ1n) is 8.09. The highest BCUT2D eigenvalue weighted by Gasteiger charge is 2.32. The highest BCUT2D eigenvalue weighted by Crippen LogP contribution is 2.34. The fourth-order valence-corrected chi connectivity index (χ4v) is 3.76. The van der Waals surface area contributed by atoms with Crippen LogP contribution < -0.4 is 10.1 Å². The van der Waals surface area contributed by atoms with Crippen molar-refractivity contribution in [2.45, 2.75) is 13.3 Å². The van der Waals surface area contributed by atoms with Crippen molar-refractivity contribution >= 4 is 52.0 Å². The van der Waals surface area contributed by atoms with Gasteiger partial charge in [0.15, 0.2) is 5.82 Å². The number of aryl methyl sites for hydroxylation is 1. The number of para-hydroxylation sites is 1. The van der Waals surface area contributed by atoms with E-state index in [0.717, 1.165) is 5.56 Å². The number of aromatic nitrogens is 1. The molecular formula is C18H17N3O4S2. The summed E-state index contributed by atoms with van der Waals surface area (Å²) in [6.07, 6.45) is 1.84. The molecule has 0 spiro atoms. The Bertz CT molecular complexity index is 923. The minimum atomic E-state index is -0.272. The maximum Gasteiger partial charge on any atom is 0.266 e. The van der Waals surface area contributed by atoms with Crippen LogP contribution in [0.15, 0.2) is 39.8 Å². The summed E-state index contributed by atoms with van der Waals surface area (Å²) < 4.78 is 10.6. The van der Waals surface area contributed by atoms with Crippen molar-refractivity contribution in [2.75, 3.05) is 19.0 Å². The van der Waals surface area contributed by atoms with Crippen molar-refractivity contribution in [1.82, 2.24) is 10.1 Å². The molecule has 2 heterocycles. The Balaban J connectivity index is 1.64. The Morgan fingerprint density at radius 2 is 2.22 bits per heavy atom. The zero-order chi connectivity index (χ0) is 19.4. The van der Waals surface area contributed by atoms with E-state index < -0.39 is 0 Å². The zero-order valence-electron chi connectivity index (χ0n) is 14.7. The molecule has 3 rings (SSSR count). The Kier molecular flexibility index (Phi) is 5.92. The van der Waals surface area contributed by atoms with Crippen LogP contribution in [-0.2, 0) is 9.59 Å². The molecular weight excluding hydrogens is 386 g/mol. The van der Waals surface area contributed by atoms with Crippen LogP contribution in [0.4, 0.5) is 5.82 Å². The number of carbonyl (C=O) groups is 2. The van der Waals surface area contributed by atoms with E-state index in [2.05, 4.69) is 10.5 Å². The van der Waals surface area contributed by atoms with Crippen LogP contribution in [-0.4, -0.2) is 39.8 Å². The van der Waals surface area contributed by atoms with E-state index in [9.17, 15) is 9.59 Å². The topological polar surface area (TPSA) is 84.7 Å². The first-order valence-corrected chi connectivity index (χ1v) is 9.32. The van der Waals surface area contributed by atoms with Crippen molar-refractivity contribution in [3.05, 3.63) is 46.6 Å². The number of benzene rings is 1. The first kappa shape index (κ1) is 19.1. The van der Waals surface area contributed by atoms with Gasteiger partial charge in [0, 0.05) is 24.6 Å². The van der Waals surface area contributed by atoms with E-state index in [4.69, 9.17) is 21.5 Å². The second kappa shape index (κ2) is 8.36. The highest BCUT2D eigenvalue weighted by molar-refractivity contribution is 8.26. The van der Waals surface area contributed by atoms with Gasteiger partial charge in [0.2, 0.25) is 5.91 Å². The quantitative estimate of drug-likeness (QED) is 0.585. The lowest BCUT2D eigenvalue weighted by molar-refractivity contribution is -0.122. The predicted molar refractivity (Wildman–Crippen MR) is 107 cm³/mol. The van der Waals surface area contributed by atoms with Gasteiger partial charge in [-0.1, -0.05) is 47.3 Å². The second-order valence-electron chi connectivity index (χ2n) is 5.70. The number of thioether (sulfide) groups is 1. The molecule has 1 aliphatic rings. The first-order chi connectivity index (χ1) is 13.0. The molecule has 1 aliphatic heterocycles. The standard InChI is InChI=1S/C18H17N3O4S2/c1-11-9-15(20-25-11)19-16(22)7-8-21-17(23)14(27-18(21)26)10-12-5-3-4-6-13(12)24-2/h3-6,9-10H,7-8H2,1-2H3,(H,19,20,22). The summed E-state index contributed by atoms with van der Waals surface area (Å²) in [5.74, 6) is 1.12. The number of ether oxygens (including phenoxy) is 1. The Hall–Kier alpha value is -2.65. The van der Waals surface area contributed by atoms with Gasteiger partial charge in [-0.2, -0.15) is 0 Å². The van der Waals surface area contributed by atoms with E-state index in [-0.39, 0.29) is 24.8 Å². The number of nitrogens with one attached hydrogen (secondary N) is 1. The highest BCUT2D eigenvalue weighted by atomic mass is 32.2. The molecule has 1 aromatic carbocycles. The second-order valence-corrected chi connectivity index (χ2v) is 7.37. The van der Waals surface area contributed by atoms with Gasteiger partial charge in [-0.25, -0.2) is 0 Å². The molecule has 0 radical (unpaired) electrons. The fourth-order valence-electron chi connectivity index (χ4n) is 2.46. The smallest absolute Gasteiger partial charge is 0.266 e. The van der Waals surface area contributed by atoms with Crippen LogP contribution in [0.25, 0.3) is 6.08 Å². The molecule has 0 atom stereocenters. The molecule has 1 saturated heterocycles. The van der Waals surface area contributed by atoms with Crippen molar-refractivity contribution in [3.8, 4) is 5.75 Å². The lowest BCUT2D eigenvalue weighted by Gasteiger charge is -2.13. The number of thiocarbonyl (C=S) groups is 1. The molecule has 0 saturated carbocycles. The third kappa shape index (κ3) is 4.55. The van der Waals surface area contributed by atoms with E-state index in [1.807, 2.05) is 24.3 Å². The van der Waals surface area contributed by atoms with Crippen LogP contribution in [0.1, 0.15) is 17.7 Å². The van der Waals surface area contributed by atoms with E-state index in [0.29, 0.717) is 26.6 Å². The van der Waals surface area contributed by atoms with Crippen molar-refractivity contribution in [3.63, 3.8) is 0 Å². The maximum absolute atomic E-state index is 12.6. The lowest BCUT2D eigenvalue weighted by Crippen LogP contribution is -2.31. The van der Waals surface area contributed by atoms with E-state index >= 15 is 0 Å². The molecule has 1 fully saturated rings. The Labute approximate surface area is 165 Å². The van der Waals surface area contributed by atoms with Crippen LogP contribution in [0.3, 0.4) is 0 Å². The van der Waals surface area contributed by atoms with Gasteiger partial charge in [-0.05, 0) is 19.1 Å². The summed E-state index contributed by atoms with van der Waals surface area (Å²) in [5.41, 5.74) is 0.791. The molecule has 7 nitrogen and oxygen atoms in total. The van der Waals surface area contributed by atoms with Crippen molar-refractivity contribution < 1.29 is 18.8 Å². The molecule has 0 bridgehead atoms. The van der Waals surface area contributed by atoms with Crippen LogP contribution >= 0.6 is 24.0 Å². The zero-order valence-corrected chi connectivity index (χ0v) is 16.4. The average Bonchev–Trinajstić information content (AvgIpc) is 3.16. The van der Waals surface area contributed by atoms with E-state index in [1.165, 1.54) is 16.7 Å². The van der Waals surface area contributed by atoms with Crippen LogP contribution in [0.5, 0.6) is 5.75 Å². The third-order valence-electron chi connectivity index (χ3n) is 3.76. The van der Waals surface area contributed by atoms with Crippen LogP contribution in [0, 0.1) is 6.92 Å². The third-order valence-corrected chi connectivity index (χ3v) is 5.13. The van der Waals surface area contributed by atoms with Gasteiger partial charge in [-0.3, -0.25) is 14.5 Å².